The Morgan fingerprint density at radius 1 is 0.967 bits per heavy atom. The van der Waals surface area contributed by atoms with Crippen molar-refractivity contribution in [2.75, 3.05) is 0 Å². The Labute approximate surface area is 179 Å². The molecule has 4 rings (SSSR count). The van der Waals surface area contributed by atoms with Crippen LogP contribution in [0.4, 0.5) is 0 Å². The van der Waals surface area contributed by atoms with Gasteiger partial charge >= 0.3 is 11.9 Å². The molecule has 1 unspecified atom stereocenters. The minimum absolute atomic E-state index is 0.00847. The molecule has 0 radical (unpaired) electrons. The number of carbonyl (C=O) groups excluding carboxylic acids is 3. The summed E-state index contributed by atoms with van der Waals surface area (Å²) < 4.78 is 11.2. The number of ketones is 1. The Bertz CT molecular complexity index is 784. The van der Waals surface area contributed by atoms with Gasteiger partial charge in [0.1, 0.15) is 18.0 Å². The number of Topliss-reactive ketones (excluding diaryl/α,β-unsaturated/α-hetero) is 1. The summed E-state index contributed by atoms with van der Waals surface area (Å²) in [6.07, 6.45) is 8.89. The highest BCUT2D eigenvalue weighted by Crippen LogP contribution is 2.66. The van der Waals surface area contributed by atoms with E-state index in [0.717, 1.165) is 44.9 Å². The molecule has 5 heteroatoms. The second-order valence-corrected chi connectivity index (χ2v) is 10.8. The van der Waals surface area contributed by atoms with Gasteiger partial charge in [-0.3, -0.25) is 14.4 Å². The van der Waals surface area contributed by atoms with Crippen LogP contribution in [0, 0.1) is 34.5 Å². The fraction of sp³-hybridized carbons (Fsp3) is 0.800. The molecule has 0 heterocycles. The molecule has 0 aromatic carbocycles. The number of allylic oxidation sites excluding steroid dienone is 1. The van der Waals surface area contributed by atoms with Gasteiger partial charge in [-0.25, -0.2) is 0 Å². The maximum absolute atomic E-state index is 12.6. The topological polar surface area (TPSA) is 69.7 Å². The zero-order valence-electron chi connectivity index (χ0n) is 19.0. The van der Waals surface area contributed by atoms with Crippen LogP contribution in [-0.2, 0) is 23.9 Å². The van der Waals surface area contributed by atoms with Crippen LogP contribution in [0.1, 0.15) is 79.6 Å². The highest BCUT2D eigenvalue weighted by Gasteiger charge is 2.63. The normalized spacial score (nSPS) is 44.8. The number of hydrogen-bond donors (Lipinski definition) is 0. The lowest BCUT2D eigenvalue weighted by atomic mass is 9.47. The third-order valence-electron chi connectivity index (χ3n) is 9.15. The third kappa shape index (κ3) is 3.33. The van der Waals surface area contributed by atoms with Gasteiger partial charge in [-0.2, -0.15) is 0 Å². The summed E-state index contributed by atoms with van der Waals surface area (Å²) in [5.41, 5.74) is 1.51. The maximum atomic E-state index is 12.6. The highest BCUT2D eigenvalue weighted by molar-refractivity contribution is 5.81. The number of esters is 2. The lowest BCUT2D eigenvalue weighted by Crippen LogP contribution is -2.51. The molecule has 4 aliphatic carbocycles. The molecule has 0 bridgehead atoms. The second-order valence-electron chi connectivity index (χ2n) is 10.8. The van der Waals surface area contributed by atoms with Gasteiger partial charge in [-0.1, -0.05) is 25.5 Å². The Morgan fingerprint density at radius 2 is 1.67 bits per heavy atom. The molecule has 4 aliphatic rings. The molecule has 8 atom stereocenters. The van der Waals surface area contributed by atoms with Gasteiger partial charge in [0, 0.05) is 20.3 Å². The first-order valence-electron chi connectivity index (χ1n) is 11.6. The summed E-state index contributed by atoms with van der Waals surface area (Å²) in [6, 6.07) is 0. The quantitative estimate of drug-likeness (QED) is 0.496. The van der Waals surface area contributed by atoms with E-state index < -0.39 is 0 Å². The van der Waals surface area contributed by atoms with Crippen molar-refractivity contribution in [3.05, 3.63) is 11.6 Å². The van der Waals surface area contributed by atoms with Crippen LogP contribution in [-0.4, -0.2) is 29.9 Å². The van der Waals surface area contributed by atoms with E-state index in [1.165, 1.54) is 19.4 Å². The van der Waals surface area contributed by atoms with Gasteiger partial charge in [0.15, 0.2) is 0 Å². The molecule has 166 valence electrons. The van der Waals surface area contributed by atoms with Crippen LogP contribution in [0.3, 0.4) is 0 Å². The fourth-order valence-corrected chi connectivity index (χ4v) is 8.01. The summed E-state index contributed by atoms with van der Waals surface area (Å²) in [6.45, 7) is 9.28. The third-order valence-corrected chi connectivity index (χ3v) is 9.15. The molecular formula is C25H36O5. The van der Waals surface area contributed by atoms with Crippen LogP contribution in [0.5, 0.6) is 0 Å². The largest absolute Gasteiger partial charge is 0.462 e. The zero-order chi connectivity index (χ0) is 21.8. The van der Waals surface area contributed by atoms with Crippen molar-refractivity contribution < 1.29 is 23.9 Å². The summed E-state index contributed by atoms with van der Waals surface area (Å²) in [5.74, 6) is 0.990. The molecule has 3 saturated carbocycles. The van der Waals surface area contributed by atoms with Crippen molar-refractivity contribution in [2.24, 2.45) is 34.5 Å². The summed E-state index contributed by atoms with van der Waals surface area (Å²) in [5, 5.41) is 0. The molecule has 0 N–H and O–H groups in total. The minimum Gasteiger partial charge on any atom is -0.462 e. The SMILES string of the molecule is CC(=O)OC1C[C@H]2[C@@H]3CC=C4C[C@@H](OC(C)=O)CC[C@]4(C)[C@H]3CC[C@]2(C)[C@H]1C(C)=O. The Balaban J connectivity index is 1.61. The molecule has 0 spiro atoms. The van der Waals surface area contributed by atoms with Crippen LogP contribution in [0.2, 0.25) is 0 Å². The highest BCUT2D eigenvalue weighted by atomic mass is 16.5. The van der Waals surface area contributed by atoms with Gasteiger partial charge in [-0.05, 0) is 74.0 Å². The monoisotopic (exact) mass is 416 g/mol. The Kier molecular flexibility index (Phi) is 5.39. The number of rotatable bonds is 3. The summed E-state index contributed by atoms with van der Waals surface area (Å²) in [4.78, 5) is 35.8. The van der Waals surface area contributed by atoms with Crippen LogP contribution in [0.15, 0.2) is 11.6 Å². The van der Waals surface area contributed by atoms with Crippen molar-refractivity contribution in [1.29, 1.82) is 0 Å². The molecule has 5 nitrogen and oxygen atoms in total. The van der Waals surface area contributed by atoms with Crippen LogP contribution < -0.4 is 0 Å². The number of carbonyl (C=O) groups is 3. The van der Waals surface area contributed by atoms with Crippen LogP contribution in [0.25, 0.3) is 0 Å². The van der Waals surface area contributed by atoms with Crippen molar-refractivity contribution in [1.82, 2.24) is 0 Å². The molecule has 0 amide bonds. The summed E-state index contributed by atoms with van der Waals surface area (Å²) >= 11 is 0. The van der Waals surface area contributed by atoms with E-state index in [4.69, 9.17) is 9.47 Å². The lowest BCUT2D eigenvalue weighted by Gasteiger charge is -2.57. The van der Waals surface area contributed by atoms with Gasteiger partial charge in [-0.15, -0.1) is 0 Å². The maximum Gasteiger partial charge on any atom is 0.302 e. The van der Waals surface area contributed by atoms with E-state index in [0.29, 0.717) is 17.8 Å². The minimum atomic E-state index is -0.286. The number of fused-ring (bicyclic) bond motifs is 5. The van der Waals surface area contributed by atoms with Crippen molar-refractivity contribution >= 4 is 17.7 Å². The second kappa shape index (κ2) is 7.49. The van der Waals surface area contributed by atoms with Gasteiger partial charge in [0.25, 0.3) is 0 Å². The number of ether oxygens (including phenoxy) is 2. The molecule has 0 aliphatic heterocycles. The smallest absolute Gasteiger partial charge is 0.302 e. The standard InChI is InChI=1S/C25H36O5/c1-14(26)23-22(30-16(3)28)13-21-19-7-6-17-12-18(29-15(2)27)8-10-24(17,4)20(19)9-11-25(21,23)5/h6,18-23H,7-13H2,1-5H3/t18-,19+,20-,21-,22?,23-,24-,25-/m0/s1. The van der Waals surface area contributed by atoms with E-state index in [2.05, 4.69) is 19.9 Å². The van der Waals surface area contributed by atoms with Crippen molar-refractivity contribution in [3.8, 4) is 0 Å². The van der Waals surface area contributed by atoms with Crippen molar-refractivity contribution in [2.45, 2.75) is 91.8 Å². The Morgan fingerprint density at radius 3 is 2.30 bits per heavy atom. The number of hydrogen-bond acceptors (Lipinski definition) is 5. The molecule has 3 fully saturated rings. The van der Waals surface area contributed by atoms with Crippen LogP contribution >= 0.6 is 0 Å². The zero-order valence-corrected chi connectivity index (χ0v) is 19.0. The Hall–Kier alpha value is -1.65. The van der Waals surface area contributed by atoms with Gasteiger partial charge in [0.05, 0.1) is 5.92 Å². The van der Waals surface area contributed by atoms with Gasteiger partial charge in [0.2, 0.25) is 0 Å². The first-order chi connectivity index (χ1) is 14.1. The van der Waals surface area contributed by atoms with Gasteiger partial charge < -0.3 is 9.47 Å². The fourth-order valence-electron chi connectivity index (χ4n) is 8.01. The summed E-state index contributed by atoms with van der Waals surface area (Å²) in [7, 11) is 0. The predicted octanol–water partition coefficient (Wildman–Crippen LogP) is 4.63. The lowest BCUT2D eigenvalue weighted by molar-refractivity contribution is -0.152. The molecular weight excluding hydrogens is 380 g/mol. The van der Waals surface area contributed by atoms with Crippen molar-refractivity contribution in [3.63, 3.8) is 0 Å². The average molecular weight is 417 g/mol. The molecule has 0 saturated heterocycles. The molecule has 0 aromatic heterocycles. The van der Waals surface area contributed by atoms with E-state index in [1.807, 2.05) is 0 Å². The first kappa shape index (κ1) is 21.6. The van der Waals surface area contributed by atoms with E-state index in [1.54, 1.807) is 6.92 Å². The predicted molar refractivity (Wildman–Crippen MR) is 112 cm³/mol. The average Bonchev–Trinajstić information content (AvgIpc) is 2.92. The van der Waals surface area contributed by atoms with E-state index in [-0.39, 0.29) is 46.7 Å². The molecule has 0 aromatic rings. The first-order valence-corrected chi connectivity index (χ1v) is 11.6. The molecule has 30 heavy (non-hydrogen) atoms. The van der Waals surface area contributed by atoms with E-state index >= 15 is 0 Å². The van der Waals surface area contributed by atoms with E-state index in [9.17, 15) is 14.4 Å².